The van der Waals surface area contributed by atoms with Crippen molar-refractivity contribution in [1.29, 1.82) is 0 Å². The quantitative estimate of drug-likeness (QED) is 0.109. The van der Waals surface area contributed by atoms with Crippen molar-refractivity contribution in [2.24, 2.45) is 0 Å². The van der Waals surface area contributed by atoms with Crippen LogP contribution >= 0.6 is 12.6 Å². The molecule has 180 valence electrons. The predicted octanol–water partition coefficient (Wildman–Crippen LogP) is 5.35. The van der Waals surface area contributed by atoms with E-state index in [1.165, 1.54) is 30.3 Å². The summed E-state index contributed by atoms with van der Waals surface area (Å²) in [6.45, 7) is 3.13. The molecule has 1 aromatic rings. The van der Waals surface area contributed by atoms with E-state index in [0.717, 1.165) is 6.92 Å². The molecule has 0 aliphatic heterocycles. The molecule has 0 saturated carbocycles. The van der Waals surface area contributed by atoms with E-state index < -0.39 is 66.5 Å². The van der Waals surface area contributed by atoms with Gasteiger partial charge in [0.25, 0.3) is 0 Å². The largest absolute Gasteiger partial charge is 0.466 e. The highest BCUT2D eigenvalue weighted by molar-refractivity contribution is 7.81. The van der Waals surface area contributed by atoms with Gasteiger partial charge in [-0.05, 0) is 31.9 Å². The summed E-state index contributed by atoms with van der Waals surface area (Å²) in [5.74, 6) is -12.2. The molecule has 1 atom stereocenters. The number of esters is 1. The number of hydrogen-bond donors (Lipinski definition) is 2. The van der Waals surface area contributed by atoms with Crippen molar-refractivity contribution in [3.63, 3.8) is 0 Å². The molecular formula is C19H20F7NO4S. The monoisotopic (exact) mass is 491 g/mol. The van der Waals surface area contributed by atoms with Crippen LogP contribution < -0.4 is 5.32 Å². The normalized spacial score (nSPS) is 14.4. The second kappa shape index (κ2) is 10.6. The minimum atomic E-state index is -5.60. The van der Waals surface area contributed by atoms with Crippen LogP contribution in [-0.2, 0) is 19.1 Å². The molecule has 1 rings (SSSR count). The van der Waals surface area contributed by atoms with Crippen LogP contribution in [0.3, 0.4) is 0 Å². The van der Waals surface area contributed by atoms with Gasteiger partial charge in [-0.1, -0.05) is 37.4 Å². The van der Waals surface area contributed by atoms with Crippen LogP contribution in [0.1, 0.15) is 26.2 Å². The summed E-state index contributed by atoms with van der Waals surface area (Å²) >= 11 is 2.49. The van der Waals surface area contributed by atoms with Gasteiger partial charge < -0.3 is 14.8 Å². The maximum atomic E-state index is 13.9. The number of thiol groups is 1. The molecule has 1 amide bonds. The SMILES string of the molecule is C=C(C)C(=O)OC(OCCCCC(F)(F)C(F)(F)S)(C(=O)Nc1ccccc1)C(F)(F)F. The Balaban J connectivity index is 3.06. The minimum Gasteiger partial charge on any atom is -0.412 e. The van der Waals surface area contributed by atoms with Gasteiger partial charge in [0.2, 0.25) is 0 Å². The van der Waals surface area contributed by atoms with Crippen LogP contribution in [0.15, 0.2) is 42.5 Å². The number of ether oxygens (including phenoxy) is 2. The van der Waals surface area contributed by atoms with Crippen molar-refractivity contribution in [2.75, 3.05) is 11.9 Å². The molecule has 1 unspecified atom stereocenters. The van der Waals surface area contributed by atoms with Gasteiger partial charge >= 0.3 is 35.0 Å². The number of nitrogens with one attached hydrogen (secondary N) is 1. The Kier molecular flexibility index (Phi) is 9.16. The molecule has 0 fully saturated rings. The summed E-state index contributed by atoms with van der Waals surface area (Å²) in [6, 6.07) is 6.83. The third-order valence-electron chi connectivity index (χ3n) is 3.92. The Bertz CT molecular complexity index is 812. The lowest BCUT2D eigenvalue weighted by Crippen LogP contribution is -2.59. The standard InChI is InChI=1S/C19H20F7NO4S/c1-12(2)14(28)31-17(18(22,23)24,15(29)27-13-8-4-3-5-9-13)30-11-7-6-10-16(20,21)19(25,26)32/h3-5,8-9,32H,1,6-7,10-11H2,2H3,(H,27,29). The zero-order chi connectivity index (χ0) is 24.8. The van der Waals surface area contributed by atoms with Gasteiger partial charge in [-0.25, -0.2) is 4.79 Å². The second-order valence-electron chi connectivity index (χ2n) is 6.66. The van der Waals surface area contributed by atoms with E-state index in [2.05, 4.69) is 28.7 Å². The van der Waals surface area contributed by atoms with Crippen LogP contribution in [0, 0.1) is 0 Å². The molecule has 13 heteroatoms. The van der Waals surface area contributed by atoms with E-state index in [9.17, 15) is 40.3 Å². The van der Waals surface area contributed by atoms with Crippen molar-refractivity contribution < 1.29 is 49.8 Å². The number of amides is 1. The highest BCUT2D eigenvalue weighted by atomic mass is 32.1. The van der Waals surface area contributed by atoms with Crippen LogP contribution in [0.2, 0.25) is 0 Å². The van der Waals surface area contributed by atoms with Crippen molar-refractivity contribution in [1.82, 2.24) is 0 Å². The Morgan fingerprint density at radius 3 is 2.06 bits per heavy atom. The molecule has 0 bridgehead atoms. The number of carbonyl (C=O) groups excluding carboxylic acids is 2. The first kappa shape index (κ1) is 27.8. The maximum Gasteiger partial charge on any atom is 0.466 e. The fourth-order valence-electron chi connectivity index (χ4n) is 2.18. The zero-order valence-electron chi connectivity index (χ0n) is 16.6. The lowest BCUT2D eigenvalue weighted by Gasteiger charge is -2.33. The van der Waals surface area contributed by atoms with Crippen molar-refractivity contribution in [3.05, 3.63) is 42.5 Å². The van der Waals surface area contributed by atoms with Crippen molar-refractivity contribution in [3.8, 4) is 0 Å². The minimum absolute atomic E-state index is 0.0863. The summed E-state index contributed by atoms with van der Waals surface area (Å²) < 4.78 is 102. The van der Waals surface area contributed by atoms with Gasteiger partial charge in [0, 0.05) is 17.7 Å². The van der Waals surface area contributed by atoms with Gasteiger partial charge in [-0.2, -0.15) is 30.7 Å². The fraction of sp³-hybridized carbons (Fsp3) is 0.474. The van der Waals surface area contributed by atoms with E-state index in [4.69, 9.17) is 0 Å². The smallest absolute Gasteiger partial charge is 0.412 e. The number of halogens is 7. The number of carbonyl (C=O) groups is 2. The molecule has 32 heavy (non-hydrogen) atoms. The highest BCUT2D eigenvalue weighted by Gasteiger charge is 2.66. The molecule has 1 N–H and O–H groups in total. The summed E-state index contributed by atoms with van der Waals surface area (Å²) in [6.07, 6.45) is -8.31. The Hall–Kier alpha value is -2.28. The molecule has 0 aliphatic rings. The first-order valence-electron chi connectivity index (χ1n) is 8.97. The molecule has 0 heterocycles. The van der Waals surface area contributed by atoms with Crippen LogP contribution in [-0.4, -0.2) is 41.6 Å². The first-order chi connectivity index (χ1) is 14.5. The second-order valence-corrected chi connectivity index (χ2v) is 7.22. The number of para-hydroxylation sites is 1. The first-order valence-corrected chi connectivity index (χ1v) is 9.42. The van der Waals surface area contributed by atoms with E-state index in [0.29, 0.717) is 0 Å². The third kappa shape index (κ3) is 7.12. The Morgan fingerprint density at radius 1 is 1.03 bits per heavy atom. The van der Waals surface area contributed by atoms with Crippen molar-refractivity contribution >= 4 is 30.2 Å². The average Bonchev–Trinajstić information content (AvgIpc) is 2.65. The maximum absolute atomic E-state index is 13.9. The van der Waals surface area contributed by atoms with Gasteiger partial charge in [-0.15, -0.1) is 0 Å². The summed E-state index contributed by atoms with van der Waals surface area (Å²) in [5, 5.41) is -2.73. The molecule has 0 radical (unpaired) electrons. The highest BCUT2D eigenvalue weighted by Crippen LogP contribution is 2.41. The molecule has 0 aliphatic carbocycles. The average molecular weight is 491 g/mol. The molecule has 0 saturated heterocycles. The van der Waals surface area contributed by atoms with Crippen molar-refractivity contribution in [2.45, 2.75) is 49.3 Å². The number of unbranched alkanes of at least 4 members (excludes halogenated alkanes) is 1. The van der Waals surface area contributed by atoms with Crippen LogP contribution in [0.5, 0.6) is 0 Å². The lowest BCUT2D eigenvalue weighted by atomic mass is 10.1. The molecule has 5 nitrogen and oxygen atoms in total. The molecule has 0 spiro atoms. The van der Waals surface area contributed by atoms with Gasteiger partial charge in [0.15, 0.2) is 0 Å². The number of anilines is 1. The van der Waals surface area contributed by atoms with E-state index >= 15 is 0 Å². The summed E-state index contributed by atoms with van der Waals surface area (Å²) in [4.78, 5) is 24.3. The Morgan fingerprint density at radius 2 is 1.59 bits per heavy atom. The van der Waals surface area contributed by atoms with Gasteiger partial charge in [0.05, 0.1) is 6.61 Å². The van der Waals surface area contributed by atoms with Gasteiger partial charge in [-0.3, -0.25) is 4.79 Å². The molecule has 1 aromatic carbocycles. The number of alkyl halides is 7. The molecule has 0 aromatic heterocycles. The number of rotatable bonds is 11. The number of benzene rings is 1. The zero-order valence-corrected chi connectivity index (χ0v) is 17.5. The lowest BCUT2D eigenvalue weighted by molar-refractivity contribution is -0.345. The predicted molar refractivity (Wildman–Crippen MR) is 103 cm³/mol. The van der Waals surface area contributed by atoms with E-state index in [1.807, 2.05) is 5.32 Å². The third-order valence-corrected chi connectivity index (χ3v) is 4.25. The van der Waals surface area contributed by atoms with E-state index in [1.54, 1.807) is 0 Å². The summed E-state index contributed by atoms with van der Waals surface area (Å²) in [5.41, 5.74) is -0.567. The van der Waals surface area contributed by atoms with Gasteiger partial charge in [0.1, 0.15) is 0 Å². The number of hydrogen-bond acceptors (Lipinski definition) is 5. The topological polar surface area (TPSA) is 64.6 Å². The van der Waals surface area contributed by atoms with Crippen LogP contribution in [0.4, 0.5) is 36.4 Å². The summed E-state index contributed by atoms with van der Waals surface area (Å²) in [7, 11) is 0. The van der Waals surface area contributed by atoms with E-state index in [-0.39, 0.29) is 5.69 Å². The van der Waals surface area contributed by atoms with Crippen LogP contribution in [0.25, 0.3) is 0 Å². The Labute approximate surface area is 184 Å². The molecular weight excluding hydrogens is 471 g/mol. The fourth-order valence-corrected chi connectivity index (χ4v) is 2.29.